The molecule has 0 spiro atoms. The highest BCUT2D eigenvalue weighted by Gasteiger charge is 2.19. The minimum Gasteiger partial charge on any atom is -0.482 e. The lowest BCUT2D eigenvalue weighted by molar-refractivity contribution is -0.147. The summed E-state index contributed by atoms with van der Waals surface area (Å²) in [5.74, 6) is 0.211. The first-order chi connectivity index (χ1) is 14.2. The fourth-order valence-corrected chi connectivity index (χ4v) is 5.42. The van der Waals surface area contributed by atoms with E-state index in [1.54, 1.807) is 15.7 Å². The van der Waals surface area contributed by atoms with Crippen LogP contribution >= 0.6 is 11.3 Å². The van der Waals surface area contributed by atoms with Gasteiger partial charge in [0.25, 0.3) is 5.56 Å². The number of carbonyl (C=O) groups is 1. The van der Waals surface area contributed by atoms with Crippen molar-refractivity contribution in [2.45, 2.75) is 51.6 Å². The highest BCUT2D eigenvalue weighted by Crippen LogP contribution is 2.28. The van der Waals surface area contributed by atoms with Crippen molar-refractivity contribution in [2.24, 2.45) is 0 Å². The molecule has 1 aromatic carbocycles. The second-order valence-electron chi connectivity index (χ2n) is 7.62. The Morgan fingerprint density at radius 1 is 1.07 bits per heavy atom. The maximum absolute atomic E-state index is 12.5. The summed E-state index contributed by atoms with van der Waals surface area (Å²) in [5.41, 5.74) is 4.13. The van der Waals surface area contributed by atoms with Gasteiger partial charge in [-0.05, 0) is 68.2 Å². The van der Waals surface area contributed by atoms with Crippen LogP contribution in [0.2, 0.25) is 0 Å². The number of aromatic nitrogens is 2. The van der Waals surface area contributed by atoms with Crippen molar-refractivity contribution in [1.82, 2.24) is 9.38 Å². The molecular weight excluding hydrogens is 388 g/mol. The van der Waals surface area contributed by atoms with Crippen LogP contribution in [0.5, 0.6) is 5.75 Å². The Labute approximate surface area is 172 Å². The molecule has 7 heteroatoms. The molecule has 0 atom stereocenters. The number of nitrogens with zero attached hydrogens (tertiary/aromatic N) is 2. The van der Waals surface area contributed by atoms with E-state index in [-0.39, 0.29) is 18.8 Å². The molecule has 0 saturated heterocycles. The van der Waals surface area contributed by atoms with Crippen LogP contribution in [0.4, 0.5) is 0 Å². The molecule has 0 bridgehead atoms. The number of esters is 1. The summed E-state index contributed by atoms with van der Waals surface area (Å²) in [4.78, 5) is 31.1. The van der Waals surface area contributed by atoms with Crippen molar-refractivity contribution in [2.75, 3.05) is 6.61 Å². The Hall–Kier alpha value is -2.67. The second-order valence-corrected chi connectivity index (χ2v) is 8.68. The van der Waals surface area contributed by atoms with Gasteiger partial charge in [0.05, 0.1) is 5.69 Å². The van der Waals surface area contributed by atoms with Gasteiger partial charge in [0, 0.05) is 16.6 Å². The number of fused-ring (bicyclic) bond motifs is 4. The molecule has 2 aliphatic rings. The lowest BCUT2D eigenvalue weighted by Gasteiger charge is -2.10. The zero-order valence-electron chi connectivity index (χ0n) is 16.1. The first kappa shape index (κ1) is 18.4. The van der Waals surface area contributed by atoms with Gasteiger partial charge in [-0.25, -0.2) is 9.78 Å². The average Bonchev–Trinajstić information content (AvgIpc) is 3.34. The molecular formula is C22H22N2O4S. The average molecular weight is 410 g/mol. The summed E-state index contributed by atoms with van der Waals surface area (Å²) >= 11 is 1.57. The van der Waals surface area contributed by atoms with E-state index in [1.807, 2.05) is 12.1 Å². The first-order valence-electron chi connectivity index (χ1n) is 10.1. The van der Waals surface area contributed by atoms with Crippen LogP contribution in [0.3, 0.4) is 0 Å². The number of rotatable bonds is 5. The predicted octanol–water partition coefficient (Wildman–Crippen LogP) is 3.25. The molecule has 0 fully saturated rings. The topological polar surface area (TPSA) is 69.9 Å². The number of ether oxygens (including phenoxy) is 2. The minimum atomic E-state index is -0.474. The molecule has 2 heterocycles. The van der Waals surface area contributed by atoms with E-state index in [0.717, 1.165) is 44.2 Å². The van der Waals surface area contributed by atoms with Crippen LogP contribution in [-0.4, -0.2) is 22.0 Å². The number of hydrogen-bond acceptors (Lipinski definition) is 6. The van der Waals surface area contributed by atoms with Gasteiger partial charge >= 0.3 is 5.97 Å². The van der Waals surface area contributed by atoms with Crippen molar-refractivity contribution >= 4 is 22.3 Å². The molecule has 3 aromatic rings. The highest BCUT2D eigenvalue weighted by molar-refractivity contribution is 7.17. The second kappa shape index (κ2) is 7.63. The van der Waals surface area contributed by atoms with Gasteiger partial charge in [-0.15, -0.1) is 11.3 Å². The summed E-state index contributed by atoms with van der Waals surface area (Å²) in [6.45, 7) is -0.187. The molecule has 0 unspecified atom stereocenters. The lowest BCUT2D eigenvalue weighted by Crippen LogP contribution is -2.19. The van der Waals surface area contributed by atoms with E-state index in [0.29, 0.717) is 16.4 Å². The number of hydrogen-bond donors (Lipinski definition) is 0. The van der Waals surface area contributed by atoms with Crippen molar-refractivity contribution in [3.8, 4) is 5.75 Å². The SMILES string of the molecule is O=C(COc1ccc2c(c1)CCC2)OCc1cc(=O)n2c3c(sc2n1)CCCC3. The number of aryl methyl sites for hydroxylation is 4. The van der Waals surface area contributed by atoms with Crippen molar-refractivity contribution in [3.05, 3.63) is 62.0 Å². The largest absolute Gasteiger partial charge is 0.482 e. The molecule has 2 aliphatic carbocycles. The first-order valence-corrected chi connectivity index (χ1v) is 10.9. The van der Waals surface area contributed by atoms with E-state index >= 15 is 0 Å². The van der Waals surface area contributed by atoms with Gasteiger partial charge in [-0.3, -0.25) is 9.20 Å². The third-order valence-corrected chi connectivity index (χ3v) is 6.76. The Kier molecular flexibility index (Phi) is 4.83. The van der Waals surface area contributed by atoms with Gasteiger partial charge in [0.2, 0.25) is 0 Å². The zero-order chi connectivity index (χ0) is 19.8. The van der Waals surface area contributed by atoms with Crippen molar-refractivity contribution in [3.63, 3.8) is 0 Å². The molecule has 2 aromatic heterocycles. The molecule has 0 aliphatic heterocycles. The predicted molar refractivity (Wildman–Crippen MR) is 110 cm³/mol. The van der Waals surface area contributed by atoms with Crippen LogP contribution in [0, 0.1) is 0 Å². The van der Waals surface area contributed by atoms with E-state index in [2.05, 4.69) is 11.1 Å². The normalized spacial score (nSPS) is 15.2. The number of carbonyl (C=O) groups excluding carboxylic acids is 1. The Morgan fingerprint density at radius 2 is 1.93 bits per heavy atom. The zero-order valence-corrected chi connectivity index (χ0v) is 16.9. The lowest BCUT2D eigenvalue weighted by atomic mass is 10.0. The Morgan fingerprint density at radius 3 is 2.86 bits per heavy atom. The van der Waals surface area contributed by atoms with Crippen molar-refractivity contribution in [1.29, 1.82) is 0 Å². The van der Waals surface area contributed by atoms with Crippen LogP contribution in [0.1, 0.15) is 46.7 Å². The molecule has 0 N–H and O–H groups in total. The van der Waals surface area contributed by atoms with Gasteiger partial charge in [0.1, 0.15) is 12.4 Å². The maximum Gasteiger partial charge on any atom is 0.344 e. The molecule has 0 amide bonds. The summed E-state index contributed by atoms with van der Waals surface area (Å²) in [6.07, 6.45) is 7.54. The van der Waals surface area contributed by atoms with Crippen LogP contribution in [0.25, 0.3) is 4.96 Å². The van der Waals surface area contributed by atoms with E-state index in [1.165, 1.54) is 28.5 Å². The third-order valence-electron chi connectivity index (χ3n) is 5.62. The standard InChI is InChI=1S/C22H22N2O4S/c25-20-11-16(23-22-24(20)18-6-1-2-7-19(18)29-22)12-28-21(26)13-27-17-9-8-14-4-3-5-15(14)10-17/h8-11H,1-7,12-13H2. The van der Waals surface area contributed by atoms with Crippen molar-refractivity contribution < 1.29 is 14.3 Å². The van der Waals surface area contributed by atoms with E-state index < -0.39 is 5.97 Å². The van der Waals surface area contributed by atoms with E-state index in [9.17, 15) is 9.59 Å². The maximum atomic E-state index is 12.5. The highest BCUT2D eigenvalue weighted by atomic mass is 32.1. The van der Waals surface area contributed by atoms with Crippen LogP contribution in [0.15, 0.2) is 29.1 Å². The van der Waals surface area contributed by atoms with Gasteiger partial charge in [0.15, 0.2) is 11.6 Å². The quantitative estimate of drug-likeness (QED) is 0.604. The molecule has 150 valence electrons. The third kappa shape index (κ3) is 3.67. The Bertz CT molecular complexity index is 1150. The summed E-state index contributed by atoms with van der Waals surface area (Å²) in [6, 6.07) is 7.43. The molecule has 0 radical (unpaired) electrons. The fourth-order valence-electron chi connectivity index (χ4n) is 4.19. The smallest absolute Gasteiger partial charge is 0.344 e. The summed E-state index contributed by atoms with van der Waals surface area (Å²) in [5, 5.41) is 0. The molecule has 6 nitrogen and oxygen atoms in total. The summed E-state index contributed by atoms with van der Waals surface area (Å²) in [7, 11) is 0. The van der Waals surface area contributed by atoms with Gasteiger partial charge < -0.3 is 9.47 Å². The van der Waals surface area contributed by atoms with Crippen LogP contribution in [-0.2, 0) is 41.8 Å². The molecule has 0 saturated carbocycles. The van der Waals surface area contributed by atoms with Gasteiger partial charge in [-0.2, -0.15) is 0 Å². The number of thiazole rings is 1. The Balaban J connectivity index is 1.22. The number of benzene rings is 1. The van der Waals surface area contributed by atoms with Gasteiger partial charge in [-0.1, -0.05) is 6.07 Å². The molecule has 29 heavy (non-hydrogen) atoms. The monoisotopic (exact) mass is 410 g/mol. The van der Waals surface area contributed by atoms with Crippen LogP contribution < -0.4 is 10.3 Å². The van der Waals surface area contributed by atoms with E-state index in [4.69, 9.17) is 9.47 Å². The fraction of sp³-hybridized carbons (Fsp3) is 0.409. The molecule has 5 rings (SSSR count). The minimum absolute atomic E-state index is 0.0271. The summed E-state index contributed by atoms with van der Waals surface area (Å²) < 4.78 is 12.6.